The standard InChI is InChI=1S/C20H16O4/c1-12(13(2)20(22)23)15-8-9-16-17(21)11-18(24-19(16)10-15)14-6-4-3-5-7-14/h3-11,22-23H,1H2,2H3. The summed E-state index contributed by atoms with van der Waals surface area (Å²) in [6.07, 6.45) is 0. The first-order valence-corrected chi connectivity index (χ1v) is 7.39. The third-order valence-electron chi connectivity index (χ3n) is 3.92. The van der Waals surface area contributed by atoms with Crippen LogP contribution < -0.4 is 5.43 Å². The van der Waals surface area contributed by atoms with E-state index in [1.54, 1.807) is 25.1 Å². The van der Waals surface area contributed by atoms with Gasteiger partial charge in [-0.1, -0.05) is 43.0 Å². The summed E-state index contributed by atoms with van der Waals surface area (Å²) < 4.78 is 5.88. The predicted molar refractivity (Wildman–Crippen MR) is 94.9 cm³/mol. The van der Waals surface area contributed by atoms with E-state index in [9.17, 15) is 15.0 Å². The SMILES string of the molecule is C=C(C(C)=C(O)O)c1ccc2c(=O)cc(-c3ccccc3)oc2c1. The molecule has 4 heteroatoms. The second kappa shape index (κ2) is 6.08. The van der Waals surface area contributed by atoms with Crippen LogP contribution in [0.2, 0.25) is 0 Å². The Hall–Kier alpha value is -3.27. The highest BCUT2D eigenvalue weighted by Crippen LogP contribution is 2.27. The van der Waals surface area contributed by atoms with Gasteiger partial charge in [0, 0.05) is 17.2 Å². The van der Waals surface area contributed by atoms with E-state index in [-0.39, 0.29) is 11.0 Å². The third kappa shape index (κ3) is 2.82. The van der Waals surface area contributed by atoms with E-state index in [0.29, 0.717) is 27.9 Å². The van der Waals surface area contributed by atoms with Crippen molar-refractivity contribution in [1.29, 1.82) is 0 Å². The fourth-order valence-corrected chi connectivity index (χ4v) is 2.44. The van der Waals surface area contributed by atoms with Gasteiger partial charge < -0.3 is 14.6 Å². The molecule has 0 unspecified atom stereocenters. The Kier molecular flexibility index (Phi) is 3.96. The summed E-state index contributed by atoms with van der Waals surface area (Å²) in [5, 5.41) is 18.9. The molecule has 0 saturated heterocycles. The van der Waals surface area contributed by atoms with Crippen LogP contribution in [0, 0.1) is 0 Å². The van der Waals surface area contributed by atoms with E-state index >= 15 is 0 Å². The number of aliphatic hydroxyl groups excluding tert-OH is 1. The van der Waals surface area contributed by atoms with Crippen LogP contribution in [0.3, 0.4) is 0 Å². The quantitative estimate of drug-likeness (QED) is 0.536. The zero-order valence-corrected chi connectivity index (χ0v) is 13.1. The van der Waals surface area contributed by atoms with Gasteiger partial charge in [-0.3, -0.25) is 4.79 Å². The van der Waals surface area contributed by atoms with Gasteiger partial charge in [0.1, 0.15) is 11.3 Å². The number of hydrogen-bond acceptors (Lipinski definition) is 4. The van der Waals surface area contributed by atoms with Gasteiger partial charge in [-0.2, -0.15) is 0 Å². The molecule has 3 aromatic rings. The average molecular weight is 320 g/mol. The van der Waals surface area contributed by atoms with E-state index in [0.717, 1.165) is 5.56 Å². The van der Waals surface area contributed by atoms with Crippen LogP contribution in [0.25, 0.3) is 27.9 Å². The largest absolute Gasteiger partial charge is 0.481 e. The minimum atomic E-state index is -0.778. The van der Waals surface area contributed by atoms with Crippen LogP contribution >= 0.6 is 0 Å². The van der Waals surface area contributed by atoms with Crippen LogP contribution in [0.1, 0.15) is 12.5 Å². The van der Waals surface area contributed by atoms with Crippen molar-refractivity contribution in [1.82, 2.24) is 0 Å². The second-order valence-electron chi connectivity index (χ2n) is 5.48. The average Bonchev–Trinajstić information content (AvgIpc) is 2.60. The molecule has 0 bridgehead atoms. The van der Waals surface area contributed by atoms with Crippen molar-refractivity contribution in [3.8, 4) is 11.3 Å². The molecule has 4 nitrogen and oxygen atoms in total. The predicted octanol–water partition coefficient (Wildman–Crippen LogP) is 4.82. The third-order valence-corrected chi connectivity index (χ3v) is 3.92. The first-order valence-electron chi connectivity index (χ1n) is 7.39. The summed E-state index contributed by atoms with van der Waals surface area (Å²) in [4.78, 5) is 12.3. The van der Waals surface area contributed by atoms with E-state index in [4.69, 9.17) is 4.42 Å². The fourth-order valence-electron chi connectivity index (χ4n) is 2.44. The van der Waals surface area contributed by atoms with Gasteiger partial charge in [-0.25, -0.2) is 0 Å². The van der Waals surface area contributed by atoms with Crippen molar-refractivity contribution in [2.45, 2.75) is 6.92 Å². The first-order chi connectivity index (χ1) is 11.5. The Morgan fingerprint density at radius 2 is 1.75 bits per heavy atom. The lowest BCUT2D eigenvalue weighted by Gasteiger charge is -2.08. The molecule has 0 aliphatic heterocycles. The zero-order valence-electron chi connectivity index (χ0n) is 13.1. The van der Waals surface area contributed by atoms with E-state index in [2.05, 4.69) is 6.58 Å². The molecular weight excluding hydrogens is 304 g/mol. The maximum atomic E-state index is 12.3. The van der Waals surface area contributed by atoms with Gasteiger partial charge in [0.15, 0.2) is 5.43 Å². The Bertz CT molecular complexity index is 1010. The Morgan fingerprint density at radius 1 is 1.04 bits per heavy atom. The van der Waals surface area contributed by atoms with Crippen molar-refractivity contribution < 1.29 is 14.6 Å². The number of hydrogen-bond donors (Lipinski definition) is 2. The van der Waals surface area contributed by atoms with Crippen LogP contribution in [0.5, 0.6) is 0 Å². The van der Waals surface area contributed by atoms with E-state index < -0.39 is 5.95 Å². The topological polar surface area (TPSA) is 70.7 Å². The summed E-state index contributed by atoms with van der Waals surface area (Å²) >= 11 is 0. The summed E-state index contributed by atoms with van der Waals surface area (Å²) in [5.41, 5.74) is 2.45. The Balaban J connectivity index is 2.17. The molecule has 24 heavy (non-hydrogen) atoms. The number of benzene rings is 2. The molecule has 1 heterocycles. The minimum absolute atomic E-state index is 0.135. The van der Waals surface area contributed by atoms with E-state index in [1.165, 1.54) is 6.07 Å². The van der Waals surface area contributed by atoms with Gasteiger partial charge in [-0.15, -0.1) is 0 Å². The van der Waals surface area contributed by atoms with Crippen molar-refractivity contribution >= 4 is 16.5 Å². The molecule has 1 aromatic heterocycles. The summed E-state index contributed by atoms with van der Waals surface area (Å²) in [6, 6.07) is 15.9. The Morgan fingerprint density at radius 3 is 2.42 bits per heavy atom. The van der Waals surface area contributed by atoms with Gasteiger partial charge >= 0.3 is 0 Å². The molecule has 120 valence electrons. The summed E-state index contributed by atoms with van der Waals surface area (Å²) in [5.74, 6) is -0.298. The van der Waals surface area contributed by atoms with Gasteiger partial charge in [0.2, 0.25) is 0 Å². The number of rotatable bonds is 3. The van der Waals surface area contributed by atoms with E-state index in [1.807, 2.05) is 30.3 Å². The van der Waals surface area contributed by atoms with Crippen LogP contribution in [0.15, 0.2) is 81.9 Å². The van der Waals surface area contributed by atoms with Gasteiger partial charge in [-0.05, 0) is 30.2 Å². The molecule has 0 aliphatic carbocycles. The highest BCUT2D eigenvalue weighted by atomic mass is 16.5. The summed E-state index contributed by atoms with van der Waals surface area (Å²) in [6.45, 7) is 5.41. The maximum Gasteiger partial charge on any atom is 0.277 e. The molecule has 0 saturated carbocycles. The molecule has 0 atom stereocenters. The van der Waals surface area contributed by atoms with Crippen molar-refractivity contribution in [3.63, 3.8) is 0 Å². The van der Waals surface area contributed by atoms with Crippen LogP contribution in [-0.2, 0) is 0 Å². The van der Waals surface area contributed by atoms with Crippen molar-refractivity contribution in [2.75, 3.05) is 0 Å². The van der Waals surface area contributed by atoms with Crippen molar-refractivity contribution in [2.24, 2.45) is 0 Å². The number of aliphatic hydroxyl groups is 2. The fraction of sp³-hybridized carbons (Fsp3) is 0.0500. The lowest BCUT2D eigenvalue weighted by molar-refractivity contribution is 0.187. The first kappa shape index (κ1) is 15.6. The number of allylic oxidation sites excluding steroid dienone is 2. The molecule has 2 N–H and O–H groups in total. The van der Waals surface area contributed by atoms with Gasteiger partial charge in [0.25, 0.3) is 5.95 Å². The van der Waals surface area contributed by atoms with Crippen molar-refractivity contribution in [3.05, 3.63) is 88.5 Å². The van der Waals surface area contributed by atoms with Gasteiger partial charge in [0.05, 0.1) is 5.39 Å². The smallest absolute Gasteiger partial charge is 0.277 e. The highest BCUT2D eigenvalue weighted by Gasteiger charge is 2.11. The molecule has 3 rings (SSSR count). The zero-order chi connectivity index (χ0) is 17.3. The molecule has 0 radical (unpaired) electrons. The molecular formula is C20H16O4. The second-order valence-corrected chi connectivity index (χ2v) is 5.48. The lowest BCUT2D eigenvalue weighted by Crippen LogP contribution is -2.01. The maximum absolute atomic E-state index is 12.3. The Labute approximate surface area is 138 Å². The number of fused-ring (bicyclic) bond motifs is 1. The lowest BCUT2D eigenvalue weighted by atomic mass is 10.00. The molecule has 2 aromatic carbocycles. The monoisotopic (exact) mass is 320 g/mol. The molecule has 0 spiro atoms. The van der Waals surface area contributed by atoms with Crippen LogP contribution in [0.4, 0.5) is 0 Å². The van der Waals surface area contributed by atoms with Crippen LogP contribution in [-0.4, -0.2) is 10.2 Å². The molecule has 0 fully saturated rings. The molecule has 0 amide bonds. The normalized spacial score (nSPS) is 10.5. The molecule has 0 aliphatic rings. The highest BCUT2D eigenvalue weighted by molar-refractivity contribution is 5.86. The minimum Gasteiger partial charge on any atom is -0.481 e. The summed E-state index contributed by atoms with van der Waals surface area (Å²) in [7, 11) is 0.